The monoisotopic (exact) mass is 303 g/mol. The van der Waals surface area contributed by atoms with E-state index in [1.807, 2.05) is 13.8 Å². The first kappa shape index (κ1) is 17.0. The Kier molecular flexibility index (Phi) is 6.40. The van der Waals surface area contributed by atoms with Crippen LogP contribution in [-0.2, 0) is 11.2 Å². The predicted molar refractivity (Wildman–Crippen MR) is 90.6 cm³/mol. The molecule has 2 rings (SSSR count). The minimum atomic E-state index is -0.115. The first-order valence-corrected chi connectivity index (χ1v) is 8.38. The van der Waals surface area contributed by atoms with E-state index in [0.717, 1.165) is 38.9 Å². The van der Waals surface area contributed by atoms with Crippen molar-refractivity contribution in [1.29, 1.82) is 0 Å². The Hall–Kier alpha value is -1.39. The third-order valence-electron chi connectivity index (χ3n) is 4.70. The maximum Gasteiger partial charge on any atom is 0.224 e. The van der Waals surface area contributed by atoms with E-state index in [2.05, 4.69) is 40.5 Å². The molecule has 1 aliphatic rings. The summed E-state index contributed by atoms with van der Waals surface area (Å²) in [6, 6.07) is 10.8. The van der Waals surface area contributed by atoms with Crippen molar-refractivity contribution in [2.45, 2.75) is 45.2 Å². The van der Waals surface area contributed by atoms with Crippen molar-refractivity contribution >= 4 is 5.91 Å². The third kappa shape index (κ3) is 5.11. The average Bonchev–Trinajstić information content (AvgIpc) is 2.54. The highest BCUT2D eigenvalue weighted by Crippen LogP contribution is 2.12. The molecule has 0 radical (unpaired) electrons. The van der Waals surface area contributed by atoms with Gasteiger partial charge >= 0.3 is 0 Å². The first-order valence-electron chi connectivity index (χ1n) is 8.38. The molecule has 1 saturated heterocycles. The van der Waals surface area contributed by atoms with Gasteiger partial charge in [-0.15, -0.1) is 0 Å². The molecule has 2 atom stereocenters. The second-order valence-electron chi connectivity index (χ2n) is 6.51. The number of nitrogens with one attached hydrogen (secondary N) is 1. The summed E-state index contributed by atoms with van der Waals surface area (Å²) in [4.78, 5) is 14.5. The minimum Gasteiger partial charge on any atom is -0.353 e. The lowest BCUT2D eigenvalue weighted by molar-refractivity contribution is -0.126. The van der Waals surface area contributed by atoms with E-state index in [1.165, 1.54) is 5.56 Å². The van der Waals surface area contributed by atoms with Crippen LogP contribution in [0.5, 0.6) is 0 Å². The molecule has 4 nitrogen and oxygen atoms in total. The fraction of sp³-hybridized carbons (Fsp3) is 0.611. The van der Waals surface area contributed by atoms with E-state index in [4.69, 9.17) is 5.73 Å². The van der Waals surface area contributed by atoms with Gasteiger partial charge in [0, 0.05) is 37.6 Å². The number of piperidine rings is 1. The number of likely N-dealkylation sites (tertiary alicyclic amines) is 1. The zero-order chi connectivity index (χ0) is 15.9. The number of carbonyl (C=O) groups excluding carboxylic acids is 1. The van der Waals surface area contributed by atoms with Crippen molar-refractivity contribution in [3.8, 4) is 0 Å². The van der Waals surface area contributed by atoms with Crippen LogP contribution in [0.4, 0.5) is 0 Å². The van der Waals surface area contributed by atoms with Crippen LogP contribution in [0, 0.1) is 5.92 Å². The molecule has 2 unspecified atom stereocenters. The quantitative estimate of drug-likeness (QED) is 0.842. The highest BCUT2D eigenvalue weighted by molar-refractivity contribution is 5.79. The first-order chi connectivity index (χ1) is 10.6. The molecule has 0 aromatic heterocycles. The van der Waals surface area contributed by atoms with Crippen molar-refractivity contribution in [2.75, 3.05) is 19.6 Å². The minimum absolute atomic E-state index is 0.0917. The largest absolute Gasteiger partial charge is 0.353 e. The topological polar surface area (TPSA) is 58.4 Å². The van der Waals surface area contributed by atoms with Crippen molar-refractivity contribution in [2.24, 2.45) is 11.7 Å². The van der Waals surface area contributed by atoms with Crippen LogP contribution in [0.15, 0.2) is 30.3 Å². The van der Waals surface area contributed by atoms with Crippen LogP contribution in [0.1, 0.15) is 32.3 Å². The van der Waals surface area contributed by atoms with Crippen molar-refractivity contribution in [1.82, 2.24) is 10.2 Å². The Morgan fingerprint density at radius 1 is 1.27 bits per heavy atom. The summed E-state index contributed by atoms with van der Waals surface area (Å²) in [5, 5.41) is 3.15. The molecule has 1 heterocycles. The molecule has 122 valence electrons. The summed E-state index contributed by atoms with van der Waals surface area (Å²) in [6.45, 7) is 7.00. The molecule has 0 saturated carbocycles. The smallest absolute Gasteiger partial charge is 0.224 e. The normalized spacial score (nSPS) is 19.6. The summed E-state index contributed by atoms with van der Waals surface area (Å²) in [7, 11) is 0. The second kappa shape index (κ2) is 8.30. The molecule has 1 aromatic carbocycles. The highest BCUT2D eigenvalue weighted by atomic mass is 16.1. The Morgan fingerprint density at radius 2 is 1.91 bits per heavy atom. The summed E-state index contributed by atoms with van der Waals surface area (Å²) in [5.74, 6) is -0.0196. The molecule has 22 heavy (non-hydrogen) atoms. The summed E-state index contributed by atoms with van der Waals surface area (Å²) in [5.41, 5.74) is 7.18. The lowest BCUT2D eigenvalue weighted by atomic mass is 10.00. The molecule has 0 aliphatic carbocycles. The van der Waals surface area contributed by atoms with Gasteiger partial charge in [0.25, 0.3) is 0 Å². The average molecular weight is 303 g/mol. The van der Waals surface area contributed by atoms with Gasteiger partial charge < -0.3 is 16.0 Å². The zero-order valence-corrected chi connectivity index (χ0v) is 13.8. The van der Waals surface area contributed by atoms with Crippen LogP contribution in [0.2, 0.25) is 0 Å². The summed E-state index contributed by atoms with van der Waals surface area (Å²) in [6.07, 6.45) is 3.16. The SMILES string of the molecule is CC(N)C(C)C(=O)NC1CCN(CCc2ccccc2)CC1. The van der Waals surface area contributed by atoms with Crippen LogP contribution in [0.3, 0.4) is 0 Å². The number of carbonyl (C=O) groups is 1. The number of benzene rings is 1. The maximum atomic E-state index is 12.0. The van der Waals surface area contributed by atoms with Gasteiger partial charge in [-0.05, 0) is 31.7 Å². The number of rotatable bonds is 6. The molecule has 3 N–H and O–H groups in total. The molecular formula is C18H29N3O. The molecule has 1 fully saturated rings. The Morgan fingerprint density at radius 3 is 2.50 bits per heavy atom. The molecule has 1 aromatic rings. The van der Waals surface area contributed by atoms with Gasteiger partial charge in [-0.3, -0.25) is 4.79 Å². The zero-order valence-electron chi connectivity index (χ0n) is 13.8. The summed E-state index contributed by atoms with van der Waals surface area (Å²) >= 11 is 0. The van der Waals surface area contributed by atoms with Crippen LogP contribution < -0.4 is 11.1 Å². The number of nitrogens with two attached hydrogens (primary N) is 1. The standard InChI is InChI=1S/C18H29N3O/c1-14(15(2)19)18(22)20-17-9-12-21(13-10-17)11-8-16-6-4-3-5-7-16/h3-7,14-15,17H,8-13,19H2,1-2H3,(H,20,22). The van der Waals surface area contributed by atoms with E-state index in [1.54, 1.807) is 0 Å². The fourth-order valence-corrected chi connectivity index (χ4v) is 2.80. The number of nitrogens with zero attached hydrogens (tertiary/aromatic N) is 1. The number of hydrogen-bond donors (Lipinski definition) is 2. The van der Waals surface area contributed by atoms with Gasteiger partial charge in [0.1, 0.15) is 0 Å². The molecule has 4 heteroatoms. The van der Waals surface area contributed by atoms with Crippen molar-refractivity contribution < 1.29 is 4.79 Å². The summed E-state index contributed by atoms with van der Waals surface area (Å²) < 4.78 is 0. The maximum absolute atomic E-state index is 12.0. The highest BCUT2D eigenvalue weighted by Gasteiger charge is 2.23. The van der Waals surface area contributed by atoms with Gasteiger partial charge in [0.15, 0.2) is 0 Å². The Balaban J connectivity index is 1.68. The van der Waals surface area contributed by atoms with Crippen LogP contribution in [-0.4, -0.2) is 42.5 Å². The van der Waals surface area contributed by atoms with E-state index >= 15 is 0 Å². The second-order valence-corrected chi connectivity index (χ2v) is 6.51. The Bertz CT molecular complexity index is 453. The molecule has 1 amide bonds. The van der Waals surface area contributed by atoms with Gasteiger partial charge in [-0.25, -0.2) is 0 Å². The lowest BCUT2D eigenvalue weighted by Gasteiger charge is -2.33. The van der Waals surface area contributed by atoms with E-state index in [-0.39, 0.29) is 17.9 Å². The van der Waals surface area contributed by atoms with Gasteiger partial charge in [-0.1, -0.05) is 37.3 Å². The van der Waals surface area contributed by atoms with Crippen LogP contribution >= 0.6 is 0 Å². The predicted octanol–water partition coefficient (Wildman–Crippen LogP) is 1.79. The van der Waals surface area contributed by atoms with Crippen LogP contribution in [0.25, 0.3) is 0 Å². The molecule has 1 aliphatic heterocycles. The van der Waals surface area contributed by atoms with E-state index in [9.17, 15) is 4.79 Å². The van der Waals surface area contributed by atoms with Gasteiger partial charge in [0.05, 0.1) is 0 Å². The van der Waals surface area contributed by atoms with Gasteiger partial charge in [-0.2, -0.15) is 0 Å². The third-order valence-corrected chi connectivity index (χ3v) is 4.70. The molecule has 0 spiro atoms. The molecular weight excluding hydrogens is 274 g/mol. The van der Waals surface area contributed by atoms with Gasteiger partial charge in [0.2, 0.25) is 5.91 Å². The fourth-order valence-electron chi connectivity index (χ4n) is 2.80. The van der Waals surface area contributed by atoms with Crippen molar-refractivity contribution in [3.05, 3.63) is 35.9 Å². The lowest BCUT2D eigenvalue weighted by Crippen LogP contribution is -2.48. The molecule has 0 bridgehead atoms. The number of hydrogen-bond acceptors (Lipinski definition) is 3. The van der Waals surface area contributed by atoms with Crippen molar-refractivity contribution in [3.63, 3.8) is 0 Å². The Labute approximate surface area is 134 Å². The number of amides is 1. The van der Waals surface area contributed by atoms with E-state index in [0.29, 0.717) is 6.04 Å². The van der Waals surface area contributed by atoms with E-state index < -0.39 is 0 Å².